The highest BCUT2D eigenvalue weighted by Crippen LogP contribution is 2.16. The lowest BCUT2D eigenvalue weighted by molar-refractivity contribution is 0.326. The van der Waals surface area contributed by atoms with E-state index in [-0.39, 0.29) is 0 Å². The maximum atomic E-state index is 5.76. The van der Waals surface area contributed by atoms with Gasteiger partial charge in [-0.2, -0.15) is 0 Å². The van der Waals surface area contributed by atoms with Crippen molar-refractivity contribution in [3.8, 4) is 5.75 Å². The molecule has 0 spiro atoms. The smallest absolute Gasteiger partial charge is 0.119 e. The van der Waals surface area contributed by atoms with Crippen molar-refractivity contribution in [3.63, 3.8) is 0 Å². The van der Waals surface area contributed by atoms with E-state index in [0.29, 0.717) is 6.61 Å². The van der Waals surface area contributed by atoms with E-state index in [1.54, 1.807) is 0 Å². The highest BCUT2D eigenvalue weighted by atomic mass is 16.5. The van der Waals surface area contributed by atoms with Crippen molar-refractivity contribution in [2.45, 2.75) is 0 Å². The molecule has 0 aliphatic rings. The van der Waals surface area contributed by atoms with E-state index in [9.17, 15) is 0 Å². The van der Waals surface area contributed by atoms with Crippen LogP contribution in [0.5, 0.6) is 5.75 Å². The number of ether oxygens (including phenoxy) is 1. The summed E-state index contributed by atoms with van der Waals surface area (Å²) < 4.78 is 5.66. The molecule has 2 aromatic rings. The van der Waals surface area contributed by atoms with Crippen LogP contribution in [0.4, 0.5) is 11.4 Å². The fraction of sp³-hybridized carbons (Fsp3) is 0.200. The summed E-state index contributed by atoms with van der Waals surface area (Å²) in [6, 6.07) is 17.7. The van der Waals surface area contributed by atoms with Gasteiger partial charge in [0.1, 0.15) is 12.4 Å². The van der Waals surface area contributed by atoms with Gasteiger partial charge in [0.15, 0.2) is 0 Å². The molecule has 0 unspecified atom stereocenters. The van der Waals surface area contributed by atoms with Crippen molar-refractivity contribution in [2.75, 3.05) is 30.8 Å². The first-order chi connectivity index (χ1) is 8.75. The Morgan fingerprint density at radius 3 is 2.56 bits per heavy atom. The fourth-order valence-corrected chi connectivity index (χ4v) is 1.71. The van der Waals surface area contributed by atoms with Crippen molar-refractivity contribution in [2.24, 2.45) is 0 Å². The highest BCUT2D eigenvalue weighted by Gasteiger charge is 2.01. The number of nitrogens with zero attached hydrogens (tertiary/aromatic N) is 1. The normalized spacial score (nSPS) is 10.1. The predicted octanol–water partition coefficient (Wildman–Crippen LogP) is 2.78. The molecular formula is C15H18N2O. The van der Waals surface area contributed by atoms with Gasteiger partial charge in [0.25, 0.3) is 0 Å². The molecule has 0 aliphatic heterocycles. The van der Waals surface area contributed by atoms with Crippen LogP contribution in [0.15, 0.2) is 54.6 Å². The van der Waals surface area contributed by atoms with E-state index in [0.717, 1.165) is 23.7 Å². The van der Waals surface area contributed by atoms with Crippen LogP contribution in [-0.2, 0) is 0 Å². The van der Waals surface area contributed by atoms with Crippen LogP contribution in [-0.4, -0.2) is 20.2 Å². The largest absolute Gasteiger partial charge is 0.492 e. The van der Waals surface area contributed by atoms with E-state index in [1.165, 1.54) is 0 Å². The predicted molar refractivity (Wildman–Crippen MR) is 76.1 cm³/mol. The van der Waals surface area contributed by atoms with Crippen LogP contribution in [0.2, 0.25) is 0 Å². The molecule has 0 saturated carbocycles. The van der Waals surface area contributed by atoms with Crippen LogP contribution < -0.4 is 15.4 Å². The van der Waals surface area contributed by atoms with Gasteiger partial charge in [-0.1, -0.05) is 24.3 Å². The van der Waals surface area contributed by atoms with Crippen LogP contribution >= 0.6 is 0 Å². The minimum Gasteiger partial charge on any atom is -0.492 e. The third-order valence-corrected chi connectivity index (χ3v) is 2.75. The first kappa shape index (κ1) is 12.3. The number of anilines is 2. The Bertz CT molecular complexity index is 485. The number of nitrogen functional groups attached to an aromatic ring is 1. The van der Waals surface area contributed by atoms with E-state index in [1.807, 2.05) is 61.6 Å². The summed E-state index contributed by atoms with van der Waals surface area (Å²) in [4.78, 5) is 2.12. The van der Waals surface area contributed by atoms with Gasteiger partial charge >= 0.3 is 0 Å². The van der Waals surface area contributed by atoms with E-state index >= 15 is 0 Å². The Balaban J connectivity index is 1.83. The molecule has 18 heavy (non-hydrogen) atoms. The second-order valence-corrected chi connectivity index (χ2v) is 4.18. The first-order valence-electron chi connectivity index (χ1n) is 6.00. The standard InChI is InChI=1S/C15H18N2O/c1-17(14-7-5-6-13(16)12-14)10-11-18-15-8-3-2-4-9-15/h2-9,12H,10-11,16H2,1H3. The number of rotatable bonds is 5. The van der Waals surface area contributed by atoms with Gasteiger partial charge in [-0.3, -0.25) is 0 Å². The van der Waals surface area contributed by atoms with E-state index < -0.39 is 0 Å². The SMILES string of the molecule is CN(CCOc1ccccc1)c1cccc(N)c1. The molecule has 0 amide bonds. The van der Waals surface area contributed by atoms with E-state index in [4.69, 9.17) is 10.5 Å². The number of likely N-dealkylation sites (N-methyl/N-ethyl adjacent to an activating group) is 1. The van der Waals surface area contributed by atoms with Gasteiger partial charge in [0.05, 0.1) is 6.54 Å². The second kappa shape index (κ2) is 5.96. The van der Waals surface area contributed by atoms with Gasteiger partial charge < -0.3 is 15.4 Å². The maximum Gasteiger partial charge on any atom is 0.119 e. The molecule has 0 aromatic heterocycles. The Morgan fingerprint density at radius 1 is 1.06 bits per heavy atom. The summed E-state index contributed by atoms with van der Waals surface area (Å²) in [6.07, 6.45) is 0. The second-order valence-electron chi connectivity index (χ2n) is 4.18. The van der Waals surface area contributed by atoms with Crippen LogP contribution in [0.1, 0.15) is 0 Å². The van der Waals surface area contributed by atoms with Gasteiger partial charge in [0, 0.05) is 18.4 Å². The lowest BCUT2D eigenvalue weighted by atomic mass is 10.2. The molecule has 2 aromatic carbocycles. The summed E-state index contributed by atoms with van der Waals surface area (Å²) in [5.74, 6) is 0.901. The van der Waals surface area contributed by atoms with Gasteiger partial charge in [-0.15, -0.1) is 0 Å². The molecule has 3 heteroatoms. The summed E-state index contributed by atoms with van der Waals surface area (Å²) in [5, 5.41) is 0. The monoisotopic (exact) mass is 242 g/mol. The average molecular weight is 242 g/mol. The quantitative estimate of drug-likeness (QED) is 0.819. The number of hydrogen-bond acceptors (Lipinski definition) is 3. The molecule has 2 rings (SSSR count). The lowest BCUT2D eigenvalue weighted by Gasteiger charge is -2.19. The number of benzene rings is 2. The van der Waals surface area contributed by atoms with Crippen molar-refractivity contribution >= 4 is 11.4 Å². The lowest BCUT2D eigenvalue weighted by Crippen LogP contribution is -2.23. The molecule has 0 fully saturated rings. The van der Waals surface area contributed by atoms with Gasteiger partial charge in [-0.25, -0.2) is 0 Å². The Kier molecular flexibility index (Phi) is 4.07. The third-order valence-electron chi connectivity index (χ3n) is 2.75. The molecule has 0 bridgehead atoms. The molecule has 94 valence electrons. The first-order valence-corrected chi connectivity index (χ1v) is 6.00. The summed E-state index contributed by atoms with van der Waals surface area (Å²) in [7, 11) is 2.03. The Labute approximate surface area is 108 Å². The molecule has 0 heterocycles. The zero-order valence-electron chi connectivity index (χ0n) is 10.5. The molecular weight excluding hydrogens is 224 g/mol. The molecule has 0 aliphatic carbocycles. The molecule has 0 saturated heterocycles. The number of nitrogens with two attached hydrogens (primary N) is 1. The average Bonchev–Trinajstić information content (AvgIpc) is 2.40. The topological polar surface area (TPSA) is 38.5 Å². The van der Waals surface area contributed by atoms with Crippen molar-refractivity contribution in [1.82, 2.24) is 0 Å². The fourth-order valence-electron chi connectivity index (χ4n) is 1.71. The molecule has 2 N–H and O–H groups in total. The van der Waals surface area contributed by atoms with Crippen molar-refractivity contribution in [3.05, 3.63) is 54.6 Å². The minimum absolute atomic E-state index is 0.648. The highest BCUT2D eigenvalue weighted by molar-refractivity contribution is 5.55. The summed E-state index contributed by atoms with van der Waals surface area (Å²) >= 11 is 0. The molecule has 0 radical (unpaired) electrons. The summed E-state index contributed by atoms with van der Waals surface area (Å²) in [5.41, 5.74) is 7.64. The Hall–Kier alpha value is -2.16. The van der Waals surface area contributed by atoms with Crippen LogP contribution in [0, 0.1) is 0 Å². The minimum atomic E-state index is 0.648. The van der Waals surface area contributed by atoms with Crippen LogP contribution in [0.3, 0.4) is 0 Å². The number of para-hydroxylation sites is 1. The Morgan fingerprint density at radius 2 is 1.83 bits per heavy atom. The van der Waals surface area contributed by atoms with Gasteiger partial charge in [0.2, 0.25) is 0 Å². The molecule has 0 atom stereocenters. The van der Waals surface area contributed by atoms with Crippen LogP contribution in [0.25, 0.3) is 0 Å². The zero-order valence-corrected chi connectivity index (χ0v) is 10.5. The number of hydrogen-bond donors (Lipinski definition) is 1. The zero-order chi connectivity index (χ0) is 12.8. The van der Waals surface area contributed by atoms with Gasteiger partial charge in [-0.05, 0) is 30.3 Å². The third kappa shape index (κ3) is 3.42. The maximum absolute atomic E-state index is 5.76. The molecule has 3 nitrogen and oxygen atoms in total. The summed E-state index contributed by atoms with van der Waals surface area (Å²) in [6.45, 7) is 1.47. The van der Waals surface area contributed by atoms with Crippen molar-refractivity contribution in [1.29, 1.82) is 0 Å². The van der Waals surface area contributed by atoms with Crippen molar-refractivity contribution < 1.29 is 4.74 Å². The van der Waals surface area contributed by atoms with E-state index in [2.05, 4.69) is 4.90 Å².